The van der Waals surface area contributed by atoms with Crippen LogP contribution in [0.2, 0.25) is 0 Å². The number of nitrogens with one attached hydrogen (secondary N) is 1. The molecule has 3 aliphatic heterocycles. The molecule has 0 saturated carbocycles. The number of hydrogen-bond acceptors (Lipinski definition) is 8. The highest BCUT2D eigenvalue weighted by atomic mass is 19.1. The van der Waals surface area contributed by atoms with Crippen molar-refractivity contribution in [1.82, 2.24) is 25.1 Å². The minimum Gasteiger partial charge on any atom is -0.461 e. The maximum absolute atomic E-state index is 13.4. The van der Waals surface area contributed by atoms with Gasteiger partial charge in [0.05, 0.1) is 19.2 Å². The van der Waals surface area contributed by atoms with Crippen molar-refractivity contribution in [1.29, 1.82) is 0 Å². The maximum atomic E-state index is 13.4. The van der Waals surface area contributed by atoms with Crippen LogP contribution in [0.1, 0.15) is 60.3 Å². The fraction of sp³-hybridized carbons (Fsp3) is 0.560. The molecule has 0 bridgehead atoms. The second kappa shape index (κ2) is 10.7. The lowest BCUT2D eigenvalue weighted by Gasteiger charge is -2.35. The molecule has 192 valence electrons. The molecule has 5 rings (SSSR count). The molecule has 0 unspecified atom stereocenters. The first-order valence-electron chi connectivity index (χ1n) is 12.5. The van der Waals surface area contributed by atoms with Crippen LogP contribution in [0.3, 0.4) is 0 Å². The number of piperidine rings is 1. The molecule has 0 aromatic carbocycles. The largest absolute Gasteiger partial charge is 0.461 e. The lowest BCUT2D eigenvalue weighted by atomic mass is 9.91. The highest BCUT2D eigenvalue weighted by Crippen LogP contribution is 2.35. The Morgan fingerprint density at radius 3 is 2.81 bits per heavy atom. The van der Waals surface area contributed by atoms with Gasteiger partial charge in [-0.1, -0.05) is 12.2 Å². The summed E-state index contributed by atoms with van der Waals surface area (Å²) in [6, 6.07) is 1.84. The van der Waals surface area contributed by atoms with Crippen molar-refractivity contribution in [3.05, 3.63) is 29.1 Å². The van der Waals surface area contributed by atoms with Crippen molar-refractivity contribution in [3.63, 3.8) is 0 Å². The quantitative estimate of drug-likeness (QED) is 0.558. The average Bonchev–Trinajstić information content (AvgIpc) is 3.55. The topological polar surface area (TPSA) is 109 Å². The van der Waals surface area contributed by atoms with Gasteiger partial charge in [0.2, 0.25) is 0 Å². The third-order valence-electron chi connectivity index (χ3n) is 6.98. The number of anilines is 1. The van der Waals surface area contributed by atoms with Crippen LogP contribution >= 0.6 is 0 Å². The number of rotatable bonds is 8. The van der Waals surface area contributed by atoms with Crippen LogP contribution < -0.4 is 9.64 Å². The number of aromatic amines is 1. The van der Waals surface area contributed by atoms with E-state index in [2.05, 4.69) is 36.8 Å². The first-order chi connectivity index (χ1) is 17.6. The van der Waals surface area contributed by atoms with Crippen molar-refractivity contribution >= 4 is 30.3 Å². The molecule has 2 aromatic heterocycles. The molecule has 3 aliphatic rings. The van der Waals surface area contributed by atoms with E-state index in [4.69, 9.17) is 9.47 Å². The third-order valence-corrected chi connectivity index (χ3v) is 6.98. The van der Waals surface area contributed by atoms with Gasteiger partial charge in [-0.05, 0) is 39.3 Å². The minimum atomic E-state index is -0.976. The summed E-state index contributed by atoms with van der Waals surface area (Å²) in [4.78, 5) is 29.5. The Bertz CT molecular complexity index is 1120. The normalized spacial score (nSPS) is 21.2. The van der Waals surface area contributed by atoms with E-state index in [0.717, 1.165) is 56.6 Å². The number of allylic oxidation sites excluding steroid dienone is 1. The van der Waals surface area contributed by atoms with Gasteiger partial charge in [-0.2, -0.15) is 15.1 Å². The third kappa shape index (κ3) is 5.11. The summed E-state index contributed by atoms with van der Waals surface area (Å²) in [7, 11) is 0. The highest BCUT2D eigenvalue weighted by molar-refractivity contribution is 5.93. The van der Waals surface area contributed by atoms with Gasteiger partial charge in [-0.25, -0.2) is 9.38 Å². The van der Waals surface area contributed by atoms with Crippen LogP contribution in [0.5, 0.6) is 6.01 Å². The summed E-state index contributed by atoms with van der Waals surface area (Å²) in [5, 5.41) is 7.45. The van der Waals surface area contributed by atoms with Gasteiger partial charge >= 0.3 is 6.01 Å². The molecule has 1 atom stereocenters. The minimum absolute atomic E-state index is 0.00514. The zero-order valence-corrected chi connectivity index (χ0v) is 20.5. The van der Waals surface area contributed by atoms with Crippen LogP contribution in [0.4, 0.5) is 16.0 Å². The second-order valence-electron chi connectivity index (χ2n) is 9.44. The van der Waals surface area contributed by atoms with Crippen molar-refractivity contribution in [3.8, 4) is 6.01 Å². The Morgan fingerprint density at radius 2 is 2.14 bits per heavy atom. The number of hydrogen-bond donors (Lipinski definition) is 1. The molecule has 36 heavy (non-hydrogen) atoms. The van der Waals surface area contributed by atoms with Crippen molar-refractivity contribution < 1.29 is 18.7 Å². The maximum Gasteiger partial charge on any atom is 0.319 e. The predicted molar refractivity (Wildman–Crippen MR) is 134 cm³/mol. The van der Waals surface area contributed by atoms with E-state index in [1.165, 1.54) is 4.90 Å². The zero-order chi connectivity index (χ0) is 25.1. The van der Waals surface area contributed by atoms with E-state index in [1.54, 1.807) is 6.07 Å². The first-order valence-corrected chi connectivity index (χ1v) is 12.5. The number of H-pyrrole nitrogens is 1. The first kappa shape index (κ1) is 24.4. The number of carbonyl (C=O) groups is 1. The second-order valence-corrected chi connectivity index (χ2v) is 9.44. The highest BCUT2D eigenvalue weighted by Gasteiger charge is 2.33. The molecular weight excluding hydrogens is 465 g/mol. The van der Waals surface area contributed by atoms with E-state index in [9.17, 15) is 9.18 Å². The van der Waals surface area contributed by atoms with Crippen LogP contribution in [0.15, 0.2) is 17.1 Å². The number of nitrogens with zero attached hydrogens (tertiary/aromatic N) is 6. The van der Waals surface area contributed by atoms with Crippen molar-refractivity contribution in [2.24, 2.45) is 4.99 Å². The summed E-state index contributed by atoms with van der Waals surface area (Å²) in [6.45, 7) is 8.31. The molecule has 5 heterocycles. The number of aromatic nitrogens is 4. The van der Waals surface area contributed by atoms with Gasteiger partial charge in [0.15, 0.2) is 5.82 Å². The summed E-state index contributed by atoms with van der Waals surface area (Å²) < 4.78 is 24.9. The molecule has 3 fully saturated rings. The summed E-state index contributed by atoms with van der Waals surface area (Å²) in [6.07, 6.45) is 6.68. The van der Waals surface area contributed by atoms with Crippen molar-refractivity contribution in [2.45, 2.75) is 50.8 Å². The molecule has 3 saturated heterocycles. The predicted octanol–water partition coefficient (Wildman–Crippen LogP) is 3.30. The molecule has 11 heteroatoms. The smallest absolute Gasteiger partial charge is 0.319 e. The number of aliphatic imine (C=N–C) groups is 1. The number of ether oxygens (including phenoxy) is 2. The Labute approximate surface area is 209 Å². The number of amides is 1. The fourth-order valence-electron chi connectivity index (χ4n) is 4.96. The van der Waals surface area contributed by atoms with Crippen LogP contribution in [0, 0.1) is 0 Å². The van der Waals surface area contributed by atoms with Crippen LogP contribution in [-0.2, 0) is 4.74 Å². The van der Waals surface area contributed by atoms with Crippen molar-refractivity contribution in [2.75, 3.05) is 44.3 Å². The number of likely N-dealkylation sites (tertiary alicyclic amines) is 1. The number of halogens is 1. The van der Waals surface area contributed by atoms with Crippen LogP contribution in [-0.4, -0.2) is 89.4 Å². The Balaban J connectivity index is 1.32. The van der Waals surface area contributed by atoms with Gasteiger partial charge in [-0.3, -0.25) is 9.89 Å². The van der Waals surface area contributed by atoms with Crippen LogP contribution in [0.25, 0.3) is 6.08 Å². The summed E-state index contributed by atoms with van der Waals surface area (Å²) in [5.41, 5.74) is 2.27. The molecule has 1 amide bonds. The molecular formula is C25H32FN7O3. The fourth-order valence-corrected chi connectivity index (χ4v) is 4.96. The average molecular weight is 498 g/mol. The van der Waals surface area contributed by atoms with Gasteiger partial charge in [0, 0.05) is 42.9 Å². The molecule has 0 spiro atoms. The lowest BCUT2D eigenvalue weighted by molar-refractivity contribution is 0.0391. The molecule has 2 aromatic rings. The Hall–Kier alpha value is -3.34. The molecule has 10 nitrogen and oxygen atoms in total. The van der Waals surface area contributed by atoms with Gasteiger partial charge in [0.25, 0.3) is 5.91 Å². The zero-order valence-electron chi connectivity index (χ0n) is 20.5. The van der Waals surface area contributed by atoms with E-state index < -0.39 is 6.17 Å². The van der Waals surface area contributed by atoms with Gasteiger partial charge in [-0.15, -0.1) is 0 Å². The van der Waals surface area contributed by atoms with E-state index in [-0.39, 0.29) is 42.7 Å². The van der Waals surface area contributed by atoms with E-state index in [0.29, 0.717) is 18.2 Å². The number of alkyl halides is 1. The summed E-state index contributed by atoms with van der Waals surface area (Å²) in [5.74, 6) is 1.23. The summed E-state index contributed by atoms with van der Waals surface area (Å²) >= 11 is 0. The standard InChI is InChI=1S/C25H32FN7O3/c1-3-5-19-22(30-31-23(19)27-2)16-7-9-32(10-8-16)21-12-20(24(34)33-13-17(26)14-33)28-25(29-21)36-15-18-6-4-11-35-18/h3,5,12,16-18H,2,4,6-11,13-15H2,1H3,(H,30,31)/b5-3-/t18-/m1/s1. The van der Waals surface area contributed by atoms with E-state index in [1.807, 2.05) is 19.1 Å². The van der Waals surface area contributed by atoms with Gasteiger partial charge < -0.3 is 19.3 Å². The Morgan fingerprint density at radius 1 is 1.33 bits per heavy atom. The molecule has 0 aliphatic carbocycles. The molecule has 0 radical (unpaired) electrons. The lowest BCUT2D eigenvalue weighted by Crippen LogP contribution is -2.51. The Kier molecular flexibility index (Phi) is 7.26. The SMILES string of the molecule is C=Nc1n[nH]c(C2CCN(c3cc(C(=O)N4CC(F)C4)nc(OC[C@H]4CCCO4)n3)CC2)c1/C=C\C. The van der Waals surface area contributed by atoms with Gasteiger partial charge in [0.1, 0.15) is 24.3 Å². The van der Waals surface area contributed by atoms with E-state index >= 15 is 0 Å². The monoisotopic (exact) mass is 497 g/mol. The molecule has 1 N–H and O–H groups in total. The number of carbonyl (C=O) groups excluding carboxylic acids is 1.